The summed E-state index contributed by atoms with van der Waals surface area (Å²) in [4.78, 5) is 15.0. The van der Waals surface area contributed by atoms with Gasteiger partial charge in [-0.25, -0.2) is 8.42 Å². The molecule has 30 heavy (non-hydrogen) atoms. The third-order valence-corrected chi connectivity index (χ3v) is 7.56. The van der Waals surface area contributed by atoms with Gasteiger partial charge in [0.05, 0.1) is 18.0 Å². The molecule has 0 bridgehead atoms. The molecule has 0 aromatic heterocycles. The summed E-state index contributed by atoms with van der Waals surface area (Å²) in [5.41, 5.74) is 2.36. The monoisotopic (exact) mass is 431 g/mol. The highest BCUT2D eigenvalue weighted by Gasteiger charge is 2.32. The number of carbonyl (C=O) groups is 1. The van der Waals surface area contributed by atoms with Gasteiger partial charge in [0.2, 0.25) is 15.9 Å². The first kappa shape index (κ1) is 22.3. The van der Waals surface area contributed by atoms with Gasteiger partial charge in [-0.05, 0) is 62.2 Å². The second-order valence-corrected chi connectivity index (χ2v) is 9.51. The summed E-state index contributed by atoms with van der Waals surface area (Å²) in [6, 6.07) is 12.3. The van der Waals surface area contributed by atoms with Crippen LogP contribution in [0.2, 0.25) is 0 Å². The zero-order chi connectivity index (χ0) is 21.9. The van der Waals surface area contributed by atoms with Gasteiger partial charge in [-0.15, -0.1) is 0 Å². The van der Waals surface area contributed by atoms with Crippen molar-refractivity contribution in [2.45, 2.75) is 31.7 Å². The minimum Gasteiger partial charge on any atom is -0.497 e. The van der Waals surface area contributed by atoms with E-state index >= 15 is 0 Å². The van der Waals surface area contributed by atoms with Gasteiger partial charge in [0.25, 0.3) is 0 Å². The Morgan fingerprint density at radius 3 is 2.27 bits per heavy atom. The third-order valence-electron chi connectivity index (χ3n) is 5.52. The lowest BCUT2D eigenvalue weighted by atomic mass is 10.2. The van der Waals surface area contributed by atoms with Gasteiger partial charge in [0.1, 0.15) is 5.75 Å². The van der Waals surface area contributed by atoms with Crippen LogP contribution in [-0.4, -0.2) is 62.9 Å². The number of benzene rings is 2. The molecule has 162 valence electrons. The van der Waals surface area contributed by atoms with Gasteiger partial charge in [-0.3, -0.25) is 9.69 Å². The first-order valence-corrected chi connectivity index (χ1v) is 11.4. The van der Waals surface area contributed by atoms with E-state index in [9.17, 15) is 13.2 Å². The molecule has 0 aliphatic carbocycles. The van der Waals surface area contributed by atoms with E-state index < -0.39 is 10.0 Å². The third kappa shape index (κ3) is 4.83. The Kier molecular flexibility index (Phi) is 6.80. The Labute approximate surface area is 178 Å². The average Bonchev–Trinajstić information content (AvgIpc) is 2.75. The van der Waals surface area contributed by atoms with Gasteiger partial charge < -0.3 is 10.1 Å². The van der Waals surface area contributed by atoms with E-state index in [1.54, 1.807) is 37.4 Å². The molecule has 1 atom stereocenters. The van der Waals surface area contributed by atoms with Crippen LogP contribution in [0.5, 0.6) is 5.75 Å². The Bertz CT molecular complexity index is 998. The van der Waals surface area contributed by atoms with Crippen LogP contribution in [0.25, 0.3) is 0 Å². The van der Waals surface area contributed by atoms with E-state index in [-0.39, 0.29) is 11.9 Å². The smallest absolute Gasteiger partial charge is 0.243 e. The van der Waals surface area contributed by atoms with Crippen molar-refractivity contribution in [1.82, 2.24) is 9.21 Å². The van der Waals surface area contributed by atoms with Crippen molar-refractivity contribution in [3.05, 3.63) is 53.6 Å². The first-order valence-electron chi connectivity index (χ1n) is 9.99. The molecular weight excluding hydrogens is 402 g/mol. The van der Waals surface area contributed by atoms with E-state index in [0.29, 0.717) is 36.8 Å². The van der Waals surface area contributed by atoms with Gasteiger partial charge in [-0.1, -0.05) is 12.1 Å². The zero-order valence-corrected chi connectivity index (χ0v) is 18.7. The fourth-order valence-electron chi connectivity index (χ4n) is 3.54. The Balaban J connectivity index is 1.61. The van der Waals surface area contributed by atoms with Crippen LogP contribution in [0.15, 0.2) is 47.4 Å². The van der Waals surface area contributed by atoms with Crippen molar-refractivity contribution >= 4 is 21.6 Å². The van der Waals surface area contributed by atoms with Crippen molar-refractivity contribution in [3.63, 3.8) is 0 Å². The molecule has 2 aromatic rings. The molecule has 2 aromatic carbocycles. The molecule has 1 saturated heterocycles. The summed E-state index contributed by atoms with van der Waals surface area (Å²) in [7, 11) is -1.95. The maximum Gasteiger partial charge on any atom is 0.243 e. The molecule has 1 aliphatic rings. The molecule has 1 aliphatic heterocycles. The van der Waals surface area contributed by atoms with Crippen molar-refractivity contribution < 1.29 is 17.9 Å². The summed E-state index contributed by atoms with van der Waals surface area (Å²) < 4.78 is 32.8. The molecule has 1 amide bonds. The minimum absolute atomic E-state index is 0.119. The van der Waals surface area contributed by atoms with Gasteiger partial charge in [0, 0.05) is 31.9 Å². The number of piperazine rings is 1. The van der Waals surface area contributed by atoms with Gasteiger partial charge in [0.15, 0.2) is 0 Å². The summed E-state index contributed by atoms with van der Waals surface area (Å²) in [5.74, 6) is 0.605. The molecule has 1 N–H and O–H groups in total. The van der Waals surface area contributed by atoms with Crippen LogP contribution in [-0.2, 0) is 14.8 Å². The molecule has 7 nitrogen and oxygen atoms in total. The Morgan fingerprint density at radius 1 is 1.03 bits per heavy atom. The summed E-state index contributed by atoms with van der Waals surface area (Å²) in [6.07, 6.45) is 0. The maximum absolute atomic E-state index is 13.1. The predicted molar refractivity (Wildman–Crippen MR) is 117 cm³/mol. The SMILES string of the molecule is COc1ccc(NC(=O)C(C)N2CCN(S(=O)(=O)c3cc(C)ccc3C)CC2)cc1. The molecule has 1 heterocycles. The molecule has 0 radical (unpaired) electrons. The van der Waals surface area contributed by atoms with E-state index in [1.165, 1.54) is 4.31 Å². The fraction of sp³-hybridized carbons (Fsp3) is 0.409. The molecule has 8 heteroatoms. The molecule has 0 saturated carbocycles. The number of ether oxygens (including phenoxy) is 1. The number of rotatable bonds is 6. The standard InChI is InChI=1S/C22H29N3O4S/c1-16-5-6-17(2)21(15-16)30(27,28)25-13-11-24(12-14-25)18(3)22(26)23-19-7-9-20(29-4)10-8-19/h5-10,15,18H,11-14H2,1-4H3,(H,23,26). The van der Waals surface area contributed by atoms with Crippen LogP contribution in [0, 0.1) is 13.8 Å². The molecular formula is C22H29N3O4S. The lowest BCUT2D eigenvalue weighted by Gasteiger charge is -2.37. The molecule has 1 unspecified atom stereocenters. The van der Waals surface area contributed by atoms with Crippen LogP contribution in [0.1, 0.15) is 18.1 Å². The summed E-state index contributed by atoms with van der Waals surface area (Å²) >= 11 is 0. The lowest BCUT2D eigenvalue weighted by molar-refractivity contribution is -0.121. The normalized spacial score (nSPS) is 16.8. The highest BCUT2D eigenvalue weighted by atomic mass is 32.2. The van der Waals surface area contributed by atoms with E-state index in [1.807, 2.05) is 37.8 Å². The highest BCUT2D eigenvalue weighted by molar-refractivity contribution is 7.89. The molecule has 1 fully saturated rings. The van der Waals surface area contributed by atoms with E-state index in [0.717, 1.165) is 16.9 Å². The Hall–Kier alpha value is -2.42. The average molecular weight is 432 g/mol. The van der Waals surface area contributed by atoms with Crippen molar-refractivity contribution in [2.24, 2.45) is 0 Å². The largest absolute Gasteiger partial charge is 0.497 e. The van der Waals surface area contributed by atoms with E-state index in [2.05, 4.69) is 5.32 Å². The highest BCUT2D eigenvalue weighted by Crippen LogP contribution is 2.23. The summed E-state index contributed by atoms with van der Waals surface area (Å²) in [6.45, 7) is 7.26. The number of nitrogens with one attached hydrogen (secondary N) is 1. The number of carbonyl (C=O) groups excluding carboxylic acids is 1. The second kappa shape index (κ2) is 9.16. The van der Waals surface area contributed by atoms with Crippen molar-refractivity contribution in [2.75, 3.05) is 38.6 Å². The van der Waals surface area contributed by atoms with Crippen LogP contribution in [0.3, 0.4) is 0 Å². The first-order chi connectivity index (χ1) is 14.2. The maximum atomic E-state index is 13.1. The number of nitrogens with zero attached hydrogens (tertiary/aromatic N) is 2. The zero-order valence-electron chi connectivity index (χ0n) is 17.9. The second-order valence-electron chi connectivity index (χ2n) is 7.60. The summed E-state index contributed by atoms with van der Waals surface area (Å²) in [5, 5.41) is 2.90. The molecule has 0 spiro atoms. The van der Waals surface area contributed by atoms with E-state index in [4.69, 9.17) is 4.74 Å². The van der Waals surface area contributed by atoms with Crippen LogP contribution < -0.4 is 10.1 Å². The van der Waals surface area contributed by atoms with Crippen LogP contribution >= 0.6 is 0 Å². The predicted octanol–water partition coefficient (Wildman–Crippen LogP) is 2.65. The number of hydrogen-bond donors (Lipinski definition) is 1. The van der Waals surface area contributed by atoms with Crippen molar-refractivity contribution in [3.8, 4) is 5.75 Å². The Morgan fingerprint density at radius 2 is 1.67 bits per heavy atom. The van der Waals surface area contributed by atoms with Gasteiger partial charge in [-0.2, -0.15) is 4.31 Å². The topological polar surface area (TPSA) is 79.0 Å². The number of amides is 1. The fourth-order valence-corrected chi connectivity index (χ4v) is 5.27. The quantitative estimate of drug-likeness (QED) is 0.761. The number of hydrogen-bond acceptors (Lipinski definition) is 5. The number of anilines is 1. The van der Waals surface area contributed by atoms with Crippen molar-refractivity contribution in [1.29, 1.82) is 0 Å². The lowest BCUT2D eigenvalue weighted by Crippen LogP contribution is -2.54. The number of aryl methyl sites for hydroxylation is 2. The van der Waals surface area contributed by atoms with Crippen LogP contribution in [0.4, 0.5) is 5.69 Å². The minimum atomic E-state index is -3.55. The number of sulfonamides is 1. The van der Waals surface area contributed by atoms with Gasteiger partial charge >= 0.3 is 0 Å². The number of methoxy groups -OCH3 is 1. The molecule has 3 rings (SSSR count).